The average Bonchev–Trinajstić information content (AvgIpc) is 2.48. The first-order valence-corrected chi connectivity index (χ1v) is 9.60. The summed E-state index contributed by atoms with van der Waals surface area (Å²) in [5, 5.41) is 19.1. The second-order valence-corrected chi connectivity index (χ2v) is 7.46. The maximum absolute atomic E-state index is 9.87. The molecule has 0 bridgehead atoms. The highest BCUT2D eigenvalue weighted by atomic mass is 16.3. The molecule has 132 valence electrons. The summed E-state index contributed by atoms with van der Waals surface area (Å²) in [6, 6.07) is 0.999. The molecule has 0 radical (unpaired) electrons. The number of aliphatic hydroxyl groups is 2. The van der Waals surface area contributed by atoms with Crippen LogP contribution in [0.2, 0.25) is 0 Å². The summed E-state index contributed by atoms with van der Waals surface area (Å²) in [6.07, 6.45) is 14.7. The second-order valence-electron chi connectivity index (χ2n) is 7.46. The van der Waals surface area contributed by atoms with Crippen LogP contribution in [0.5, 0.6) is 0 Å². The molecule has 0 saturated carbocycles. The second kappa shape index (κ2) is 11.4. The van der Waals surface area contributed by atoms with E-state index in [9.17, 15) is 10.2 Å². The predicted molar refractivity (Wildman–Crippen MR) is 94.1 cm³/mol. The number of unbranched alkanes of at least 4 members (excludes halogenated alkanes) is 7. The van der Waals surface area contributed by atoms with Crippen LogP contribution in [0.4, 0.5) is 0 Å². The smallest absolute Gasteiger partial charge is 0.0693 e. The summed E-state index contributed by atoms with van der Waals surface area (Å²) in [5.74, 6) is 0. The molecule has 1 aliphatic heterocycles. The summed E-state index contributed by atoms with van der Waals surface area (Å²) in [4.78, 5) is 2.39. The highest BCUT2D eigenvalue weighted by Crippen LogP contribution is 2.25. The van der Waals surface area contributed by atoms with Crippen molar-refractivity contribution in [3.05, 3.63) is 0 Å². The van der Waals surface area contributed by atoms with Crippen LogP contribution in [0.3, 0.4) is 0 Å². The van der Waals surface area contributed by atoms with E-state index in [2.05, 4.69) is 18.9 Å². The molecular formula is C19H39NO2. The third-order valence-corrected chi connectivity index (χ3v) is 5.48. The van der Waals surface area contributed by atoms with E-state index >= 15 is 0 Å². The summed E-state index contributed by atoms with van der Waals surface area (Å²) in [6.45, 7) is 4.03. The van der Waals surface area contributed by atoms with E-state index in [0.29, 0.717) is 12.1 Å². The molecule has 0 aliphatic carbocycles. The molecule has 0 aromatic heterocycles. The predicted octanol–water partition coefficient (Wildman–Crippen LogP) is 4.11. The Bertz CT molecular complexity index is 270. The van der Waals surface area contributed by atoms with Gasteiger partial charge in [-0.15, -0.1) is 0 Å². The molecule has 1 saturated heterocycles. The quantitative estimate of drug-likeness (QED) is 0.564. The Labute approximate surface area is 138 Å². The lowest BCUT2D eigenvalue weighted by atomic mass is 9.91. The fourth-order valence-corrected chi connectivity index (χ4v) is 3.64. The van der Waals surface area contributed by atoms with E-state index < -0.39 is 0 Å². The number of likely N-dealkylation sites (N-methyl/N-ethyl adjacent to an activating group) is 1. The number of aliphatic hydroxyl groups excluding tert-OH is 2. The molecule has 1 heterocycles. The van der Waals surface area contributed by atoms with Crippen molar-refractivity contribution in [2.24, 2.45) is 0 Å². The third-order valence-electron chi connectivity index (χ3n) is 5.48. The van der Waals surface area contributed by atoms with Gasteiger partial charge < -0.3 is 10.2 Å². The summed E-state index contributed by atoms with van der Waals surface area (Å²) in [7, 11) is 2.17. The molecule has 1 aliphatic rings. The molecule has 1 fully saturated rings. The lowest BCUT2D eigenvalue weighted by Gasteiger charge is -2.41. The molecular weight excluding hydrogens is 274 g/mol. The lowest BCUT2D eigenvalue weighted by Crippen LogP contribution is -2.49. The van der Waals surface area contributed by atoms with Crippen molar-refractivity contribution in [1.29, 1.82) is 0 Å². The van der Waals surface area contributed by atoms with E-state index in [1.165, 1.54) is 57.8 Å². The van der Waals surface area contributed by atoms with Crippen molar-refractivity contribution < 1.29 is 10.2 Å². The van der Waals surface area contributed by atoms with Gasteiger partial charge in [0, 0.05) is 12.1 Å². The van der Waals surface area contributed by atoms with Gasteiger partial charge in [-0.05, 0) is 46.6 Å². The maximum Gasteiger partial charge on any atom is 0.0693 e. The zero-order chi connectivity index (χ0) is 16.4. The molecule has 0 aromatic rings. The Balaban J connectivity index is 1.91. The minimum atomic E-state index is -0.130. The van der Waals surface area contributed by atoms with Crippen LogP contribution in [-0.4, -0.2) is 46.5 Å². The molecule has 0 spiro atoms. The van der Waals surface area contributed by atoms with Crippen LogP contribution in [0.25, 0.3) is 0 Å². The Kier molecular flexibility index (Phi) is 10.3. The molecule has 3 heteroatoms. The fourth-order valence-electron chi connectivity index (χ4n) is 3.64. The minimum absolute atomic E-state index is 0.123. The number of hydrogen-bond acceptors (Lipinski definition) is 3. The van der Waals surface area contributed by atoms with Gasteiger partial charge in [-0.3, -0.25) is 4.90 Å². The van der Waals surface area contributed by atoms with Crippen molar-refractivity contribution in [1.82, 2.24) is 4.90 Å². The van der Waals surface area contributed by atoms with Crippen LogP contribution in [0.1, 0.15) is 90.9 Å². The number of piperidine rings is 1. The van der Waals surface area contributed by atoms with Gasteiger partial charge in [-0.1, -0.05) is 51.4 Å². The Morgan fingerprint density at radius 3 is 2.09 bits per heavy atom. The van der Waals surface area contributed by atoms with Gasteiger partial charge in [0.1, 0.15) is 0 Å². The number of hydrogen-bond donors (Lipinski definition) is 2. The van der Waals surface area contributed by atoms with Crippen LogP contribution < -0.4 is 0 Å². The minimum Gasteiger partial charge on any atom is -0.393 e. The van der Waals surface area contributed by atoms with Gasteiger partial charge in [-0.2, -0.15) is 0 Å². The van der Waals surface area contributed by atoms with Crippen molar-refractivity contribution in [3.8, 4) is 0 Å². The van der Waals surface area contributed by atoms with E-state index in [1.54, 1.807) is 0 Å². The van der Waals surface area contributed by atoms with Gasteiger partial charge in [0.2, 0.25) is 0 Å². The highest BCUT2D eigenvalue weighted by Gasteiger charge is 2.30. The summed E-state index contributed by atoms with van der Waals surface area (Å²) in [5.41, 5.74) is 0. The highest BCUT2D eigenvalue weighted by molar-refractivity contribution is 4.85. The van der Waals surface area contributed by atoms with Crippen LogP contribution in [0.15, 0.2) is 0 Å². The normalized spacial score (nSPS) is 28.0. The van der Waals surface area contributed by atoms with Crippen molar-refractivity contribution in [2.75, 3.05) is 7.05 Å². The summed E-state index contributed by atoms with van der Waals surface area (Å²) >= 11 is 0. The molecule has 22 heavy (non-hydrogen) atoms. The van der Waals surface area contributed by atoms with Gasteiger partial charge in [0.25, 0.3) is 0 Å². The zero-order valence-electron chi connectivity index (χ0n) is 15.1. The van der Waals surface area contributed by atoms with E-state index in [1.807, 2.05) is 6.92 Å². The maximum atomic E-state index is 9.87. The topological polar surface area (TPSA) is 43.7 Å². The van der Waals surface area contributed by atoms with E-state index in [4.69, 9.17) is 0 Å². The van der Waals surface area contributed by atoms with Gasteiger partial charge in [0.05, 0.1) is 12.2 Å². The standard InChI is InChI=1S/C19H39NO2/c1-16(21)12-10-8-6-4-5-7-9-11-13-18-14-15-19(22)17(2)20(18)3/h16-19,21-22H,4-15H2,1-3H3/t16?,17-,18-,19-/m1/s1. The molecule has 4 atom stereocenters. The Morgan fingerprint density at radius 1 is 0.955 bits per heavy atom. The average molecular weight is 314 g/mol. The first-order valence-electron chi connectivity index (χ1n) is 9.60. The van der Waals surface area contributed by atoms with Crippen molar-refractivity contribution in [2.45, 2.75) is 115 Å². The monoisotopic (exact) mass is 313 g/mol. The molecule has 1 rings (SSSR count). The number of nitrogens with zero attached hydrogens (tertiary/aromatic N) is 1. The van der Waals surface area contributed by atoms with Gasteiger partial charge in [-0.25, -0.2) is 0 Å². The third kappa shape index (κ3) is 7.94. The first-order chi connectivity index (χ1) is 10.5. The van der Waals surface area contributed by atoms with Crippen LogP contribution >= 0.6 is 0 Å². The molecule has 0 amide bonds. The molecule has 2 N–H and O–H groups in total. The molecule has 1 unspecified atom stereocenters. The number of likely N-dealkylation sites (tertiary alicyclic amines) is 1. The van der Waals surface area contributed by atoms with Gasteiger partial charge >= 0.3 is 0 Å². The lowest BCUT2D eigenvalue weighted by molar-refractivity contribution is -0.000732. The van der Waals surface area contributed by atoms with Gasteiger partial charge in [0.15, 0.2) is 0 Å². The fraction of sp³-hybridized carbons (Fsp3) is 1.00. The van der Waals surface area contributed by atoms with Crippen LogP contribution in [0, 0.1) is 0 Å². The Hall–Kier alpha value is -0.120. The zero-order valence-corrected chi connectivity index (χ0v) is 15.1. The first kappa shape index (κ1) is 19.9. The van der Waals surface area contributed by atoms with Crippen molar-refractivity contribution in [3.63, 3.8) is 0 Å². The Morgan fingerprint density at radius 2 is 1.50 bits per heavy atom. The van der Waals surface area contributed by atoms with Crippen molar-refractivity contribution >= 4 is 0 Å². The van der Waals surface area contributed by atoms with Crippen LogP contribution in [-0.2, 0) is 0 Å². The van der Waals surface area contributed by atoms with E-state index in [0.717, 1.165) is 19.3 Å². The SMILES string of the molecule is CC(O)CCCCCCCCCC[C@@H]1CC[C@@H](O)[C@@H](C)N1C. The molecule has 3 nitrogen and oxygen atoms in total. The molecule has 0 aromatic carbocycles. The van der Waals surface area contributed by atoms with E-state index in [-0.39, 0.29) is 12.2 Å². The summed E-state index contributed by atoms with van der Waals surface area (Å²) < 4.78 is 0. The largest absolute Gasteiger partial charge is 0.393 e. The number of rotatable bonds is 11.